The maximum absolute atomic E-state index is 13.1. The highest BCUT2D eigenvalue weighted by atomic mass is 79.9. The second-order valence-electron chi connectivity index (χ2n) is 5.93. The smallest absolute Gasteiger partial charge is 0.324 e. The summed E-state index contributed by atoms with van der Waals surface area (Å²) in [5, 5.41) is 10.7. The highest BCUT2D eigenvalue weighted by Gasteiger charge is 2.27. The molecule has 3 rings (SSSR count). The number of thiophene rings is 1. The van der Waals surface area contributed by atoms with Crippen LogP contribution in [0.2, 0.25) is 0 Å². The van der Waals surface area contributed by atoms with Crippen molar-refractivity contribution in [3.05, 3.63) is 55.6 Å². The van der Waals surface area contributed by atoms with Crippen molar-refractivity contribution in [2.45, 2.75) is 0 Å². The largest absolute Gasteiger partial charge is 0.483 e. The maximum atomic E-state index is 13.1. The van der Waals surface area contributed by atoms with E-state index in [-0.39, 0.29) is 23.4 Å². The number of hydrogen-bond acceptors (Lipinski definition) is 6. The summed E-state index contributed by atoms with van der Waals surface area (Å²) in [7, 11) is 0. The van der Waals surface area contributed by atoms with E-state index in [1.165, 1.54) is 30.3 Å². The predicted molar refractivity (Wildman–Crippen MR) is 103 cm³/mol. The molecule has 8 nitrogen and oxygen atoms in total. The molecule has 148 valence electrons. The Bertz CT molecular complexity index is 914. The van der Waals surface area contributed by atoms with Gasteiger partial charge >= 0.3 is 5.00 Å². The summed E-state index contributed by atoms with van der Waals surface area (Å²) in [5.41, 5.74) is 0. The normalized spacial score (nSPS) is 14.1. The number of nitro groups is 1. The van der Waals surface area contributed by atoms with Gasteiger partial charge in [-0.1, -0.05) is 11.3 Å². The van der Waals surface area contributed by atoms with E-state index in [1.54, 1.807) is 9.80 Å². The molecule has 0 unspecified atom stereocenters. The van der Waals surface area contributed by atoms with Crippen LogP contribution in [0.3, 0.4) is 0 Å². The number of rotatable bonds is 5. The molecule has 1 aromatic carbocycles. The zero-order valence-electron chi connectivity index (χ0n) is 14.5. The summed E-state index contributed by atoms with van der Waals surface area (Å²) in [6.45, 7) is 1.14. The summed E-state index contributed by atoms with van der Waals surface area (Å²) in [4.78, 5) is 38.4. The Kier molecular flexibility index (Phi) is 6.25. The van der Waals surface area contributed by atoms with Crippen molar-refractivity contribution in [1.29, 1.82) is 0 Å². The standard InChI is InChI=1S/C17H15BrFN3O5S/c18-12-9-11(19)1-2-13(12)27-10-15(23)20-5-7-21(8-6-20)17(24)14-3-4-16(28-14)22(25)26/h1-4,9H,5-8,10H2. The van der Waals surface area contributed by atoms with Crippen molar-refractivity contribution in [1.82, 2.24) is 9.80 Å². The molecule has 28 heavy (non-hydrogen) atoms. The van der Waals surface area contributed by atoms with Crippen molar-refractivity contribution < 1.29 is 23.6 Å². The fourth-order valence-electron chi connectivity index (χ4n) is 2.68. The number of carbonyl (C=O) groups excluding carboxylic acids is 2. The lowest BCUT2D eigenvalue weighted by Gasteiger charge is -2.34. The van der Waals surface area contributed by atoms with Gasteiger partial charge in [0.15, 0.2) is 6.61 Å². The van der Waals surface area contributed by atoms with E-state index < -0.39 is 10.7 Å². The first-order chi connectivity index (χ1) is 13.3. The van der Waals surface area contributed by atoms with Gasteiger partial charge in [0.05, 0.1) is 14.3 Å². The molecule has 1 aromatic heterocycles. The molecule has 0 saturated carbocycles. The quantitative estimate of drug-likeness (QED) is 0.493. The summed E-state index contributed by atoms with van der Waals surface area (Å²) < 4.78 is 18.9. The Labute approximate surface area is 171 Å². The number of ether oxygens (including phenoxy) is 1. The molecule has 1 aliphatic rings. The second-order valence-corrected chi connectivity index (χ2v) is 7.85. The Morgan fingerprint density at radius 1 is 1.18 bits per heavy atom. The molecule has 2 heterocycles. The molecule has 11 heteroatoms. The van der Waals surface area contributed by atoms with Crippen LogP contribution in [0.15, 0.2) is 34.8 Å². The van der Waals surface area contributed by atoms with E-state index in [9.17, 15) is 24.1 Å². The van der Waals surface area contributed by atoms with Gasteiger partial charge in [-0.05, 0) is 40.2 Å². The predicted octanol–water partition coefficient (Wildman–Crippen LogP) is 2.92. The van der Waals surface area contributed by atoms with Crippen LogP contribution >= 0.6 is 27.3 Å². The lowest BCUT2D eigenvalue weighted by Crippen LogP contribution is -2.51. The minimum absolute atomic E-state index is 0.0822. The third kappa shape index (κ3) is 4.65. The molecule has 0 bridgehead atoms. The molecule has 2 aromatic rings. The molecule has 0 aliphatic carbocycles. The van der Waals surface area contributed by atoms with Crippen molar-refractivity contribution in [3.63, 3.8) is 0 Å². The van der Waals surface area contributed by atoms with E-state index >= 15 is 0 Å². The monoisotopic (exact) mass is 471 g/mol. The van der Waals surface area contributed by atoms with Gasteiger partial charge in [0.2, 0.25) is 0 Å². The average Bonchev–Trinajstić information content (AvgIpc) is 3.17. The Hall–Kier alpha value is -2.53. The van der Waals surface area contributed by atoms with Crippen LogP contribution in [0.1, 0.15) is 9.67 Å². The Morgan fingerprint density at radius 3 is 2.46 bits per heavy atom. The van der Waals surface area contributed by atoms with Crippen LogP contribution in [0.5, 0.6) is 5.75 Å². The summed E-state index contributed by atoms with van der Waals surface area (Å²) in [6.07, 6.45) is 0. The third-order valence-corrected chi connectivity index (χ3v) is 5.79. The topological polar surface area (TPSA) is 93.0 Å². The van der Waals surface area contributed by atoms with Gasteiger partial charge in [-0.15, -0.1) is 0 Å². The fraction of sp³-hybridized carbons (Fsp3) is 0.294. The molecule has 0 spiro atoms. The molecule has 0 N–H and O–H groups in total. The Balaban J connectivity index is 1.50. The van der Waals surface area contributed by atoms with Crippen LogP contribution in [0.4, 0.5) is 9.39 Å². The van der Waals surface area contributed by atoms with Crippen LogP contribution in [-0.2, 0) is 4.79 Å². The Morgan fingerprint density at radius 2 is 1.86 bits per heavy atom. The van der Waals surface area contributed by atoms with Crippen molar-refractivity contribution >= 4 is 44.1 Å². The number of piperazine rings is 1. The van der Waals surface area contributed by atoms with E-state index in [2.05, 4.69) is 15.9 Å². The lowest BCUT2D eigenvalue weighted by molar-refractivity contribution is -0.380. The summed E-state index contributed by atoms with van der Waals surface area (Å²) in [6, 6.07) is 6.67. The fourth-order valence-corrected chi connectivity index (χ4v) is 3.93. The first-order valence-corrected chi connectivity index (χ1v) is 9.85. The minimum Gasteiger partial charge on any atom is -0.483 e. The number of hydrogen-bond donors (Lipinski definition) is 0. The summed E-state index contributed by atoms with van der Waals surface area (Å²) >= 11 is 4.01. The SMILES string of the molecule is O=C(COc1ccc(F)cc1Br)N1CCN(C(=O)c2ccc([N+](=O)[O-])s2)CC1. The van der Waals surface area contributed by atoms with Crippen LogP contribution < -0.4 is 4.74 Å². The van der Waals surface area contributed by atoms with E-state index in [4.69, 9.17) is 4.74 Å². The number of halogens is 2. The van der Waals surface area contributed by atoms with Gasteiger partial charge < -0.3 is 14.5 Å². The molecule has 1 saturated heterocycles. The zero-order chi connectivity index (χ0) is 20.3. The van der Waals surface area contributed by atoms with E-state index in [1.807, 2.05) is 0 Å². The van der Waals surface area contributed by atoms with Gasteiger partial charge in [-0.3, -0.25) is 19.7 Å². The van der Waals surface area contributed by atoms with Gasteiger partial charge in [0.25, 0.3) is 11.8 Å². The van der Waals surface area contributed by atoms with Crippen LogP contribution in [0, 0.1) is 15.9 Å². The first kappa shape index (κ1) is 20.2. The maximum Gasteiger partial charge on any atom is 0.324 e. The van der Waals surface area contributed by atoms with Gasteiger partial charge in [-0.2, -0.15) is 0 Å². The molecule has 0 radical (unpaired) electrons. The first-order valence-electron chi connectivity index (χ1n) is 8.24. The number of carbonyl (C=O) groups is 2. The molecule has 0 atom stereocenters. The molecular formula is C17H15BrFN3O5S. The van der Waals surface area contributed by atoms with Crippen molar-refractivity contribution in [2.75, 3.05) is 32.8 Å². The van der Waals surface area contributed by atoms with Gasteiger partial charge in [0, 0.05) is 32.2 Å². The number of amides is 2. The van der Waals surface area contributed by atoms with Crippen LogP contribution in [0.25, 0.3) is 0 Å². The lowest BCUT2D eigenvalue weighted by atomic mass is 10.3. The molecule has 2 amide bonds. The number of nitrogens with zero attached hydrogens (tertiary/aromatic N) is 3. The highest BCUT2D eigenvalue weighted by Crippen LogP contribution is 2.26. The summed E-state index contributed by atoms with van der Waals surface area (Å²) in [5.74, 6) is -0.572. The minimum atomic E-state index is -0.530. The van der Waals surface area contributed by atoms with E-state index in [0.717, 1.165) is 11.3 Å². The van der Waals surface area contributed by atoms with Crippen molar-refractivity contribution in [3.8, 4) is 5.75 Å². The van der Waals surface area contributed by atoms with E-state index in [0.29, 0.717) is 41.3 Å². The second kappa shape index (κ2) is 8.65. The van der Waals surface area contributed by atoms with Gasteiger partial charge in [-0.25, -0.2) is 4.39 Å². The van der Waals surface area contributed by atoms with Gasteiger partial charge in [0.1, 0.15) is 11.6 Å². The zero-order valence-corrected chi connectivity index (χ0v) is 16.9. The van der Waals surface area contributed by atoms with Crippen molar-refractivity contribution in [2.24, 2.45) is 0 Å². The molecular weight excluding hydrogens is 457 g/mol. The third-order valence-electron chi connectivity index (χ3n) is 4.15. The molecule has 1 aliphatic heterocycles. The number of benzene rings is 1. The highest BCUT2D eigenvalue weighted by molar-refractivity contribution is 9.10. The van der Waals surface area contributed by atoms with Crippen LogP contribution in [-0.4, -0.2) is 59.3 Å². The molecule has 1 fully saturated rings. The average molecular weight is 472 g/mol.